The summed E-state index contributed by atoms with van der Waals surface area (Å²) >= 11 is 0. The summed E-state index contributed by atoms with van der Waals surface area (Å²) in [4.78, 5) is 18.3. The molecule has 0 spiro atoms. The molecule has 0 N–H and O–H groups in total. The van der Waals surface area contributed by atoms with Crippen LogP contribution >= 0.6 is 0 Å². The molecule has 25 heavy (non-hydrogen) atoms. The molecule has 0 bridgehead atoms. The van der Waals surface area contributed by atoms with Gasteiger partial charge in [-0.3, -0.25) is 4.79 Å². The highest BCUT2D eigenvalue weighted by atomic mass is 16.5. The summed E-state index contributed by atoms with van der Waals surface area (Å²) in [6, 6.07) is 16.6. The number of nitrogens with zero attached hydrogens (tertiary/aromatic N) is 3. The average Bonchev–Trinajstić information content (AvgIpc) is 3.08. The van der Waals surface area contributed by atoms with Gasteiger partial charge in [-0.1, -0.05) is 23.4 Å². The third kappa shape index (κ3) is 4.23. The van der Waals surface area contributed by atoms with Crippen molar-refractivity contribution in [1.82, 2.24) is 15.0 Å². The monoisotopic (exact) mass is 337 g/mol. The van der Waals surface area contributed by atoms with Crippen LogP contribution in [0.15, 0.2) is 59.1 Å². The van der Waals surface area contributed by atoms with Gasteiger partial charge in [0.2, 0.25) is 0 Å². The smallest absolute Gasteiger partial charge is 0.257 e. The first-order valence-electron chi connectivity index (χ1n) is 7.97. The minimum absolute atomic E-state index is 0.0649. The molecule has 0 unspecified atom stereocenters. The lowest BCUT2D eigenvalue weighted by Crippen LogP contribution is -2.30. The molecule has 3 rings (SSSR count). The second-order valence-electron chi connectivity index (χ2n) is 5.61. The van der Waals surface area contributed by atoms with Gasteiger partial charge in [0.1, 0.15) is 12.4 Å². The van der Waals surface area contributed by atoms with Gasteiger partial charge in [0, 0.05) is 18.2 Å². The van der Waals surface area contributed by atoms with Crippen molar-refractivity contribution in [2.75, 3.05) is 20.2 Å². The number of para-hydroxylation sites is 1. The summed E-state index contributed by atoms with van der Waals surface area (Å²) in [7, 11) is 1.76. The van der Waals surface area contributed by atoms with Gasteiger partial charge in [-0.2, -0.15) is 4.98 Å². The van der Waals surface area contributed by atoms with Crippen molar-refractivity contribution in [3.05, 3.63) is 66.0 Å². The highest BCUT2D eigenvalue weighted by Crippen LogP contribution is 2.18. The highest BCUT2D eigenvalue weighted by molar-refractivity contribution is 5.94. The fourth-order valence-corrected chi connectivity index (χ4v) is 2.31. The molecule has 6 nitrogen and oxygen atoms in total. The van der Waals surface area contributed by atoms with Gasteiger partial charge in [0.05, 0.1) is 6.54 Å². The normalized spacial score (nSPS) is 10.5. The zero-order chi connectivity index (χ0) is 17.6. The maximum absolute atomic E-state index is 12.5. The summed E-state index contributed by atoms with van der Waals surface area (Å²) in [5.41, 5.74) is 1.38. The van der Waals surface area contributed by atoms with Crippen LogP contribution < -0.4 is 4.74 Å². The lowest BCUT2D eigenvalue weighted by Gasteiger charge is -2.17. The van der Waals surface area contributed by atoms with Crippen LogP contribution in [0, 0.1) is 6.92 Å². The number of hydrogen-bond donors (Lipinski definition) is 0. The molecule has 0 aliphatic carbocycles. The first kappa shape index (κ1) is 16.7. The Morgan fingerprint density at radius 2 is 1.84 bits per heavy atom. The molecular formula is C19H19N3O3. The predicted molar refractivity (Wildman–Crippen MR) is 93.4 cm³/mol. The van der Waals surface area contributed by atoms with E-state index in [1.54, 1.807) is 43.1 Å². The van der Waals surface area contributed by atoms with Crippen molar-refractivity contribution in [3.8, 4) is 17.2 Å². The van der Waals surface area contributed by atoms with Crippen LogP contribution in [-0.2, 0) is 0 Å². The van der Waals surface area contributed by atoms with Gasteiger partial charge >= 0.3 is 0 Å². The quantitative estimate of drug-likeness (QED) is 0.691. The van der Waals surface area contributed by atoms with E-state index in [-0.39, 0.29) is 5.91 Å². The van der Waals surface area contributed by atoms with E-state index >= 15 is 0 Å². The lowest BCUT2D eigenvalue weighted by molar-refractivity contribution is 0.0774. The second-order valence-corrected chi connectivity index (χ2v) is 5.61. The van der Waals surface area contributed by atoms with Crippen molar-refractivity contribution >= 4 is 5.91 Å². The van der Waals surface area contributed by atoms with E-state index in [4.69, 9.17) is 9.26 Å². The zero-order valence-electron chi connectivity index (χ0n) is 14.2. The third-order valence-electron chi connectivity index (χ3n) is 3.69. The summed E-state index contributed by atoms with van der Waals surface area (Å²) in [5.74, 6) is 1.75. The number of benzene rings is 2. The van der Waals surface area contributed by atoms with Crippen molar-refractivity contribution in [2.45, 2.75) is 6.92 Å². The van der Waals surface area contributed by atoms with Crippen LogP contribution in [0.2, 0.25) is 0 Å². The molecule has 128 valence electrons. The Bertz CT molecular complexity index is 829. The maximum atomic E-state index is 12.5. The fraction of sp³-hybridized carbons (Fsp3) is 0.211. The number of amides is 1. The summed E-state index contributed by atoms with van der Waals surface area (Å²) in [6.45, 7) is 2.70. The SMILES string of the molecule is Cc1noc(-c2ccc(C(=O)N(C)CCOc3ccccc3)cc2)n1. The standard InChI is InChI=1S/C19H19N3O3/c1-14-20-18(25-21-14)15-8-10-16(11-9-15)19(23)22(2)12-13-24-17-6-4-3-5-7-17/h3-11H,12-13H2,1-2H3. The molecule has 0 saturated carbocycles. The number of aryl methyl sites for hydroxylation is 1. The van der Waals surface area contributed by atoms with Gasteiger partial charge in [-0.15, -0.1) is 0 Å². The Hall–Kier alpha value is -3.15. The zero-order valence-corrected chi connectivity index (χ0v) is 14.2. The van der Waals surface area contributed by atoms with Crippen LogP contribution in [0.1, 0.15) is 16.2 Å². The molecule has 0 aliphatic rings. The number of aromatic nitrogens is 2. The molecule has 3 aromatic rings. The van der Waals surface area contributed by atoms with E-state index in [0.29, 0.717) is 30.4 Å². The summed E-state index contributed by atoms with van der Waals surface area (Å²) < 4.78 is 10.7. The molecule has 0 fully saturated rings. The van der Waals surface area contributed by atoms with E-state index in [1.807, 2.05) is 30.3 Å². The van der Waals surface area contributed by atoms with E-state index in [1.165, 1.54) is 0 Å². The number of likely N-dealkylation sites (N-methyl/N-ethyl adjacent to an activating group) is 1. The summed E-state index contributed by atoms with van der Waals surface area (Å²) in [5, 5.41) is 3.76. The Balaban J connectivity index is 1.56. The van der Waals surface area contributed by atoms with Crippen molar-refractivity contribution in [2.24, 2.45) is 0 Å². The van der Waals surface area contributed by atoms with Gasteiger partial charge < -0.3 is 14.2 Å². The second kappa shape index (κ2) is 7.61. The molecule has 0 atom stereocenters. The molecule has 6 heteroatoms. The van der Waals surface area contributed by atoms with Gasteiger partial charge in [0.15, 0.2) is 5.82 Å². The predicted octanol–water partition coefficient (Wildman–Crippen LogP) is 3.20. The van der Waals surface area contributed by atoms with E-state index in [9.17, 15) is 4.79 Å². The number of ether oxygens (including phenoxy) is 1. The van der Waals surface area contributed by atoms with E-state index in [0.717, 1.165) is 11.3 Å². The first-order chi connectivity index (χ1) is 12.1. The number of rotatable bonds is 6. The van der Waals surface area contributed by atoms with Gasteiger partial charge in [-0.05, 0) is 43.3 Å². The Morgan fingerprint density at radius 1 is 1.12 bits per heavy atom. The Labute approximate surface area is 146 Å². The minimum atomic E-state index is -0.0649. The van der Waals surface area contributed by atoms with Gasteiger partial charge in [-0.25, -0.2) is 0 Å². The van der Waals surface area contributed by atoms with E-state index < -0.39 is 0 Å². The Morgan fingerprint density at radius 3 is 2.48 bits per heavy atom. The molecule has 2 aromatic carbocycles. The molecule has 1 amide bonds. The topological polar surface area (TPSA) is 68.5 Å². The lowest BCUT2D eigenvalue weighted by atomic mass is 10.1. The summed E-state index contributed by atoms with van der Waals surface area (Å²) in [6.07, 6.45) is 0. The molecule has 0 aliphatic heterocycles. The molecule has 1 aromatic heterocycles. The molecule has 0 saturated heterocycles. The van der Waals surface area contributed by atoms with Crippen molar-refractivity contribution in [1.29, 1.82) is 0 Å². The number of hydrogen-bond acceptors (Lipinski definition) is 5. The minimum Gasteiger partial charge on any atom is -0.492 e. The van der Waals surface area contributed by atoms with Crippen LogP contribution in [0.5, 0.6) is 5.75 Å². The van der Waals surface area contributed by atoms with Crippen LogP contribution in [0.3, 0.4) is 0 Å². The largest absolute Gasteiger partial charge is 0.492 e. The van der Waals surface area contributed by atoms with Crippen molar-refractivity contribution in [3.63, 3.8) is 0 Å². The number of carbonyl (C=O) groups excluding carboxylic acids is 1. The highest BCUT2D eigenvalue weighted by Gasteiger charge is 2.13. The van der Waals surface area contributed by atoms with Crippen molar-refractivity contribution < 1.29 is 14.1 Å². The maximum Gasteiger partial charge on any atom is 0.257 e. The first-order valence-corrected chi connectivity index (χ1v) is 7.97. The van der Waals surface area contributed by atoms with Gasteiger partial charge in [0.25, 0.3) is 11.8 Å². The Kier molecular flexibility index (Phi) is 5.09. The molecule has 1 heterocycles. The van der Waals surface area contributed by atoms with Crippen LogP contribution in [0.25, 0.3) is 11.5 Å². The third-order valence-corrected chi connectivity index (χ3v) is 3.69. The average molecular weight is 337 g/mol. The van der Waals surface area contributed by atoms with E-state index in [2.05, 4.69) is 10.1 Å². The molecule has 0 radical (unpaired) electrons. The van der Waals surface area contributed by atoms with Crippen LogP contribution in [0.4, 0.5) is 0 Å². The fourth-order valence-electron chi connectivity index (χ4n) is 2.31. The van der Waals surface area contributed by atoms with Crippen LogP contribution in [-0.4, -0.2) is 41.1 Å². The molecular weight excluding hydrogens is 318 g/mol. The number of carbonyl (C=O) groups is 1.